The third-order valence-corrected chi connectivity index (χ3v) is 8.49. The Labute approximate surface area is 348 Å². The zero-order chi connectivity index (χ0) is 43.3. The molecule has 2 rings (SSSR count). The first kappa shape index (κ1) is 51.1. The number of nitrogens with one attached hydrogen (secondary N) is 4. The summed E-state index contributed by atoms with van der Waals surface area (Å²) in [5.74, 6) is -1.80. The van der Waals surface area contributed by atoms with Crippen molar-refractivity contribution in [3.8, 4) is 0 Å². The largest absolute Gasteiger partial charge is 0.490 e. The number of nitrogens with zero attached hydrogens (tertiary/aromatic N) is 1. The molecule has 1 aliphatic rings. The van der Waals surface area contributed by atoms with Gasteiger partial charge in [-0.15, -0.1) is 0 Å². The van der Waals surface area contributed by atoms with Gasteiger partial charge in [-0.3, -0.25) is 29.4 Å². The number of urea groups is 1. The summed E-state index contributed by atoms with van der Waals surface area (Å²) in [5, 5.41) is 21.7. The summed E-state index contributed by atoms with van der Waals surface area (Å²) in [6.07, 6.45) is 2.22. The van der Waals surface area contributed by atoms with E-state index in [-0.39, 0.29) is 56.9 Å². The minimum Gasteiger partial charge on any atom is -0.490 e. The van der Waals surface area contributed by atoms with Gasteiger partial charge in [0.2, 0.25) is 11.8 Å². The number of benzene rings is 1. The molecule has 19 nitrogen and oxygen atoms in total. The van der Waals surface area contributed by atoms with E-state index < -0.39 is 36.2 Å². The van der Waals surface area contributed by atoms with E-state index in [0.717, 1.165) is 10.5 Å². The van der Waals surface area contributed by atoms with Crippen LogP contribution in [0.5, 0.6) is 0 Å². The third-order valence-electron chi connectivity index (χ3n) is 8.32. The Bertz CT molecular complexity index is 1430. The smallest absolute Gasteiger partial charge is 0.312 e. The standard InChI is InChI=1S/C39H63N6O13P/c1-28(2)36(38(50)43-32(5-4-13-41-39(40)51)37(49)42-31-8-6-30(7-9-31)27-58-29(3)59)44-33(46)12-15-52-17-19-54-21-23-56-25-26-57-24-22-55-20-18-53-16-14-45-34(47)10-11-35(45)48/h6-11,28,32-33,36,44,46H,3-5,12-27,59H2,1-2H3,(H,42,49)(H,43,50)(H3,40,41,51)/t32-,33?,36-/m0/s1. The molecule has 0 aliphatic carbocycles. The van der Waals surface area contributed by atoms with Crippen LogP contribution in [0, 0.1) is 5.92 Å². The van der Waals surface area contributed by atoms with E-state index >= 15 is 0 Å². The van der Waals surface area contributed by atoms with Crippen molar-refractivity contribution >= 4 is 44.6 Å². The van der Waals surface area contributed by atoms with Crippen LogP contribution >= 0.6 is 9.24 Å². The molecule has 7 N–H and O–H groups in total. The maximum absolute atomic E-state index is 13.4. The van der Waals surface area contributed by atoms with E-state index in [9.17, 15) is 29.1 Å². The summed E-state index contributed by atoms with van der Waals surface area (Å²) in [5.41, 5.74) is 7.07. The normalized spacial score (nSPS) is 14.0. The summed E-state index contributed by atoms with van der Waals surface area (Å²) in [7, 11) is 2.37. The van der Waals surface area contributed by atoms with Gasteiger partial charge >= 0.3 is 6.03 Å². The highest BCUT2D eigenvalue weighted by molar-refractivity contribution is 7.21. The number of primary amides is 1. The lowest BCUT2D eigenvalue weighted by atomic mass is 10.0. The molecule has 0 radical (unpaired) electrons. The molecule has 1 heterocycles. The molecule has 2 unspecified atom stereocenters. The van der Waals surface area contributed by atoms with Crippen LogP contribution in [0.15, 0.2) is 48.5 Å². The lowest BCUT2D eigenvalue weighted by Crippen LogP contribution is -2.55. The second-order valence-corrected chi connectivity index (χ2v) is 14.1. The monoisotopic (exact) mass is 854 g/mol. The first-order valence-corrected chi connectivity index (χ1v) is 20.2. The van der Waals surface area contributed by atoms with Gasteiger partial charge in [-0.1, -0.05) is 41.8 Å². The lowest BCUT2D eigenvalue weighted by molar-refractivity contribution is -0.137. The van der Waals surface area contributed by atoms with Gasteiger partial charge in [0.25, 0.3) is 11.8 Å². The molecular weight excluding hydrogens is 791 g/mol. The zero-order valence-corrected chi connectivity index (χ0v) is 35.3. The fraction of sp³-hybridized carbons (Fsp3) is 0.615. The topological polar surface area (TPSA) is 248 Å². The Morgan fingerprint density at radius 1 is 0.780 bits per heavy atom. The van der Waals surface area contributed by atoms with Gasteiger partial charge < -0.3 is 59.9 Å². The van der Waals surface area contributed by atoms with Crippen LogP contribution in [0.1, 0.15) is 38.7 Å². The average molecular weight is 855 g/mol. The summed E-state index contributed by atoms with van der Waals surface area (Å²) in [4.78, 5) is 61.9. The molecular formula is C39H63N6O13P. The van der Waals surface area contributed by atoms with E-state index in [2.05, 4.69) is 37.1 Å². The van der Waals surface area contributed by atoms with Crippen LogP contribution in [0.2, 0.25) is 0 Å². The molecule has 1 aromatic carbocycles. The minimum atomic E-state index is -1.06. The number of anilines is 1. The SMILES string of the molecule is C=C(P)OCc1ccc(NC(=O)[C@H](CCCNC(N)=O)NC(=O)[C@@H](NC(O)CCOCCOCCOCCOCCOCCOCCN2C(=O)C=CC2=O)C(C)C)cc1. The van der Waals surface area contributed by atoms with E-state index in [4.69, 9.17) is 38.9 Å². The highest BCUT2D eigenvalue weighted by atomic mass is 31.0. The third kappa shape index (κ3) is 24.0. The Kier molecular flexibility index (Phi) is 26.8. The highest BCUT2D eigenvalue weighted by Gasteiger charge is 2.29. The van der Waals surface area contributed by atoms with Gasteiger partial charge in [0.15, 0.2) is 0 Å². The molecule has 1 aromatic rings. The molecule has 59 heavy (non-hydrogen) atoms. The fourth-order valence-corrected chi connectivity index (χ4v) is 5.29. The van der Waals surface area contributed by atoms with Crippen LogP contribution in [0.4, 0.5) is 10.5 Å². The molecule has 0 spiro atoms. The van der Waals surface area contributed by atoms with Crippen LogP contribution in [-0.4, -0.2) is 150 Å². The summed E-state index contributed by atoms with van der Waals surface area (Å²) >= 11 is 0. The molecule has 0 saturated carbocycles. The summed E-state index contributed by atoms with van der Waals surface area (Å²) < 4.78 is 38.2. The van der Waals surface area contributed by atoms with Crippen molar-refractivity contribution in [2.75, 3.05) is 97.7 Å². The molecule has 0 bridgehead atoms. The molecule has 0 fully saturated rings. The van der Waals surface area contributed by atoms with Crippen LogP contribution < -0.4 is 27.0 Å². The lowest BCUT2D eigenvalue weighted by Gasteiger charge is -2.27. The van der Waals surface area contributed by atoms with Crippen molar-refractivity contribution in [2.45, 2.75) is 58.0 Å². The van der Waals surface area contributed by atoms with Crippen molar-refractivity contribution < 1.29 is 62.2 Å². The Balaban J connectivity index is 1.55. The van der Waals surface area contributed by atoms with Crippen molar-refractivity contribution in [2.24, 2.45) is 11.7 Å². The fourth-order valence-electron chi connectivity index (χ4n) is 5.20. The number of aliphatic hydroxyl groups is 1. The van der Waals surface area contributed by atoms with Crippen LogP contribution in [0.3, 0.4) is 0 Å². The molecule has 1 aliphatic heterocycles. The molecule has 4 atom stereocenters. The van der Waals surface area contributed by atoms with Gasteiger partial charge in [0.1, 0.15) is 24.4 Å². The molecule has 0 aromatic heterocycles. The quantitative estimate of drug-likeness (QED) is 0.0182. The maximum atomic E-state index is 13.4. The van der Waals surface area contributed by atoms with Crippen molar-refractivity contribution in [3.63, 3.8) is 0 Å². The minimum absolute atomic E-state index is 0.205. The Morgan fingerprint density at radius 2 is 1.29 bits per heavy atom. The molecule has 332 valence electrons. The second-order valence-electron chi connectivity index (χ2n) is 13.5. The first-order chi connectivity index (χ1) is 28.4. The van der Waals surface area contributed by atoms with E-state index in [1.165, 1.54) is 12.2 Å². The van der Waals surface area contributed by atoms with Gasteiger partial charge in [-0.05, 0) is 36.5 Å². The van der Waals surface area contributed by atoms with E-state index in [1.807, 2.05) is 13.8 Å². The molecule has 20 heteroatoms. The van der Waals surface area contributed by atoms with E-state index in [1.54, 1.807) is 24.3 Å². The van der Waals surface area contributed by atoms with Crippen molar-refractivity contribution in [1.29, 1.82) is 0 Å². The number of rotatable bonds is 35. The number of hydrogen-bond acceptors (Lipinski definition) is 14. The van der Waals surface area contributed by atoms with Crippen LogP contribution in [0.25, 0.3) is 0 Å². The number of imide groups is 1. The molecule has 0 saturated heterocycles. The number of amides is 6. The summed E-state index contributed by atoms with van der Waals surface area (Å²) in [6.45, 7) is 12.2. The molecule has 6 amide bonds. The highest BCUT2D eigenvalue weighted by Crippen LogP contribution is 2.15. The van der Waals surface area contributed by atoms with Gasteiger partial charge in [-0.2, -0.15) is 0 Å². The van der Waals surface area contributed by atoms with Crippen LogP contribution in [-0.2, 0) is 58.9 Å². The maximum Gasteiger partial charge on any atom is 0.312 e. The van der Waals surface area contributed by atoms with Crippen molar-refractivity contribution in [3.05, 3.63) is 54.1 Å². The number of nitrogens with two attached hydrogens (primary N) is 1. The number of carbonyl (C=O) groups is 5. The second kappa shape index (κ2) is 30.9. The predicted molar refractivity (Wildman–Crippen MR) is 221 cm³/mol. The number of aliphatic hydroxyl groups excluding tert-OH is 1. The Hall–Kier alpha value is -4.04. The van der Waals surface area contributed by atoms with Gasteiger partial charge in [0.05, 0.1) is 91.9 Å². The number of hydrogen-bond donors (Lipinski definition) is 6. The Morgan fingerprint density at radius 3 is 1.78 bits per heavy atom. The van der Waals surface area contributed by atoms with Gasteiger partial charge in [0, 0.05) is 30.8 Å². The van der Waals surface area contributed by atoms with Crippen molar-refractivity contribution in [1.82, 2.24) is 20.9 Å². The van der Waals surface area contributed by atoms with E-state index in [0.29, 0.717) is 90.3 Å². The first-order valence-electron chi connectivity index (χ1n) is 19.6. The number of carbonyl (C=O) groups excluding carboxylic acids is 5. The summed E-state index contributed by atoms with van der Waals surface area (Å²) in [6, 6.07) is 4.61. The predicted octanol–water partition coefficient (Wildman–Crippen LogP) is 0.769. The zero-order valence-electron chi connectivity index (χ0n) is 34.2. The number of ether oxygens (including phenoxy) is 7. The van der Waals surface area contributed by atoms with Gasteiger partial charge in [-0.25, -0.2) is 4.79 Å². The average Bonchev–Trinajstić information content (AvgIpc) is 3.52.